The number of rotatable bonds is 4. The highest BCUT2D eigenvalue weighted by atomic mass is 16.6. The fraction of sp³-hybridized carbons (Fsp3) is 0.654. The molecule has 1 aromatic rings. The van der Waals surface area contributed by atoms with Crippen LogP contribution in [-0.4, -0.2) is 51.9 Å². The van der Waals surface area contributed by atoms with Crippen LogP contribution < -0.4 is 14.5 Å². The van der Waals surface area contributed by atoms with E-state index in [2.05, 4.69) is 36.9 Å². The van der Waals surface area contributed by atoms with E-state index >= 15 is 0 Å². The minimum absolute atomic E-state index is 0.0649. The van der Waals surface area contributed by atoms with E-state index in [0.29, 0.717) is 5.92 Å². The first-order chi connectivity index (χ1) is 15.0. The van der Waals surface area contributed by atoms with E-state index in [1.807, 2.05) is 6.07 Å². The predicted octanol–water partition coefficient (Wildman–Crippen LogP) is 2.86. The van der Waals surface area contributed by atoms with Crippen LogP contribution in [0.15, 0.2) is 35.4 Å². The number of hydrogen-bond donors (Lipinski definition) is 1. The third kappa shape index (κ3) is 3.86. The van der Waals surface area contributed by atoms with Gasteiger partial charge in [-0.25, -0.2) is 0 Å². The van der Waals surface area contributed by atoms with Gasteiger partial charge in [0.1, 0.15) is 17.8 Å². The molecule has 31 heavy (non-hydrogen) atoms. The van der Waals surface area contributed by atoms with Gasteiger partial charge < -0.3 is 19.3 Å². The highest BCUT2D eigenvalue weighted by Crippen LogP contribution is 2.54. The number of carbonyl (C=O) groups is 1. The van der Waals surface area contributed by atoms with Crippen molar-refractivity contribution in [2.45, 2.75) is 52.1 Å². The molecule has 2 heterocycles. The summed E-state index contributed by atoms with van der Waals surface area (Å²) in [6.07, 6.45) is 6.01. The molecule has 1 aromatic carbocycles. The summed E-state index contributed by atoms with van der Waals surface area (Å²) >= 11 is 0. The van der Waals surface area contributed by atoms with Crippen molar-refractivity contribution in [1.82, 2.24) is 0 Å². The summed E-state index contributed by atoms with van der Waals surface area (Å²) in [4.78, 5) is 16.9. The molecule has 0 amide bonds. The standard InChI is InChI=1S/C26H36N2O3/c1-18-6-5-9-26(2)16-24-21(15-23(18)26)22(25(29)31-24)17-27-10-12-28(13-11-27)19-7-4-8-20(14-19)30-3/h4,7-8,14,21-22,24H,5-6,9-13,15-17H2,1-3H3/p+1/t21-,22-,24-,26-/m1/s1. The quantitative estimate of drug-likeness (QED) is 0.595. The van der Waals surface area contributed by atoms with E-state index in [1.54, 1.807) is 23.2 Å². The molecular weight excluding hydrogens is 388 g/mol. The molecule has 5 nitrogen and oxygen atoms in total. The Bertz CT molecular complexity index is 873. The zero-order valence-corrected chi connectivity index (χ0v) is 19.3. The predicted molar refractivity (Wildman–Crippen MR) is 122 cm³/mol. The van der Waals surface area contributed by atoms with Crippen LogP contribution in [0.1, 0.15) is 46.0 Å². The Morgan fingerprint density at radius 2 is 2.10 bits per heavy atom. The number of quaternary nitrogens is 1. The van der Waals surface area contributed by atoms with Crippen molar-refractivity contribution >= 4 is 11.7 Å². The van der Waals surface area contributed by atoms with Gasteiger partial charge in [-0.05, 0) is 56.6 Å². The van der Waals surface area contributed by atoms with Crippen LogP contribution in [0.5, 0.6) is 5.75 Å². The van der Waals surface area contributed by atoms with Crippen LogP contribution >= 0.6 is 0 Å². The van der Waals surface area contributed by atoms with Gasteiger partial charge in [-0.15, -0.1) is 0 Å². The van der Waals surface area contributed by atoms with E-state index in [4.69, 9.17) is 9.47 Å². The van der Waals surface area contributed by atoms with Gasteiger partial charge >= 0.3 is 5.97 Å². The lowest BCUT2D eigenvalue weighted by molar-refractivity contribution is -0.903. The van der Waals surface area contributed by atoms with Gasteiger partial charge in [0.15, 0.2) is 0 Å². The number of hydrogen-bond acceptors (Lipinski definition) is 4. The summed E-state index contributed by atoms with van der Waals surface area (Å²) in [7, 11) is 1.72. The van der Waals surface area contributed by atoms with Gasteiger partial charge in [-0.2, -0.15) is 0 Å². The fourth-order valence-corrected chi connectivity index (χ4v) is 6.75. The first-order valence-electron chi connectivity index (χ1n) is 12.1. The van der Waals surface area contributed by atoms with E-state index in [1.165, 1.54) is 24.9 Å². The number of nitrogens with zero attached hydrogens (tertiary/aromatic N) is 1. The second-order valence-electron chi connectivity index (χ2n) is 10.5. The number of benzene rings is 1. The molecule has 1 saturated carbocycles. The fourth-order valence-electron chi connectivity index (χ4n) is 6.75. The van der Waals surface area contributed by atoms with Crippen molar-refractivity contribution in [2.24, 2.45) is 17.3 Å². The van der Waals surface area contributed by atoms with Gasteiger partial charge in [0.25, 0.3) is 0 Å². The van der Waals surface area contributed by atoms with Gasteiger partial charge in [0, 0.05) is 17.7 Å². The maximum atomic E-state index is 12.9. The van der Waals surface area contributed by atoms with Crippen LogP contribution in [0.25, 0.3) is 0 Å². The Kier molecular flexibility index (Phi) is 5.49. The van der Waals surface area contributed by atoms with Crippen LogP contribution in [0.3, 0.4) is 0 Å². The SMILES string of the molecule is COc1cccc(N2CC[NH+](C[C@H]3C(=O)O[C@@H]4C[C@@]5(C)CCCC(C)=C5C[C@@H]43)CC2)c1. The summed E-state index contributed by atoms with van der Waals surface area (Å²) in [6.45, 7) is 9.82. The van der Waals surface area contributed by atoms with Crippen molar-refractivity contribution in [1.29, 1.82) is 0 Å². The largest absolute Gasteiger partial charge is 0.497 e. The van der Waals surface area contributed by atoms with Crippen molar-refractivity contribution in [3.63, 3.8) is 0 Å². The smallest absolute Gasteiger partial charge is 0.315 e. The van der Waals surface area contributed by atoms with Crippen molar-refractivity contribution in [3.05, 3.63) is 35.4 Å². The molecule has 5 heteroatoms. The summed E-state index contributed by atoms with van der Waals surface area (Å²) < 4.78 is 11.4. The molecule has 0 aromatic heterocycles. The molecule has 0 radical (unpaired) electrons. The lowest BCUT2D eigenvalue weighted by Crippen LogP contribution is -3.15. The molecule has 1 N–H and O–H groups in total. The highest BCUT2D eigenvalue weighted by molar-refractivity contribution is 5.75. The average Bonchev–Trinajstić information content (AvgIpc) is 3.06. The zero-order chi connectivity index (χ0) is 21.6. The Morgan fingerprint density at radius 1 is 1.29 bits per heavy atom. The number of fused-ring (bicyclic) bond motifs is 2. The van der Waals surface area contributed by atoms with Gasteiger partial charge in [0.2, 0.25) is 0 Å². The number of nitrogens with one attached hydrogen (secondary N) is 1. The maximum Gasteiger partial charge on any atom is 0.315 e. The van der Waals surface area contributed by atoms with Crippen molar-refractivity contribution in [3.8, 4) is 5.75 Å². The Morgan fingerprint density at radius 3 is 2.87 bits per heavy atom. The molecule has 4 atom stereocenters. The molecular formula is C26H37N2O3+. The first-order valence-corrected chi connectivity index (χ1v) is 12.1. The van der Waals surface area contributed by atoms with Crippen LogP contribution in [0.2, 0.25) is 0 Å². The van der Waals surface area contributed by atoms with Gasteiger partial charge in [0.05, 0.1) is 39.8 Å². The Balaban J connectivity index is 1.23. The molecule has 3 fully saturated rings. The Hall–Kier alpha value is -2.01. The van der Waals surface area contributed by atoms with E-state index in [0.717, 1.165) is 51.3 Å². The second-order valence-corrected chi connectivity index (χ2v) is 10.5. The maximum absolute atomic E-state index is 12.9. The van der Waals surface area contributed by atoms with Crippen LogP contribution in [0.4, 0.5) is 5.69 Å². The third-order valence-electron chi connectivity index (χ3n) is 8.58. The minimum Gasteiger partial charge on any atom is -0.497 e. The van der Waals surface area contributed by atoms with E-state index < -0.39 is 0 Å². The van der Waals surface area contributed by atoms with Crippen LogP contribution in [0, 0.1) is 17.3 Å². The molecule has 5 rings (SSSR count). The number of anilines is 1. The highest BCUT2D eigenvalue weighted by Gasteiger charge is 2.54. The molecule has 168 valence electrons. The van der Waals surface area contributed by atoms with Crippen molar-refractivity contribution < 1.29 is 19.2 Å². The van der Waals surface area contributed by atoms with E-state index in [-0.39, 0.29) is 23.4 Å². The van der Waals surface area contributed by atoms with Crippen molar-refractivity contribution in [2.75, 3.05) is 44.7 Å². The molecule has 2 saturated heterocycles. The number of methoxy groups -OCH3 is 1. The summed E-state index contributed by atoms with van der Waals surface area (Å²) in [5, 5.41) is 0. The molecule has 0 bridgehead atoms. The van der Waals surface area contributed by atoms with Gasteiger partial charge in [-0.1, -0.05) is 24.1 Å². The third-order valence-corrected chi connectivity index (χ3v) is 8.58. The number of piperazine rings is 1. The number of allylic oxidation sites excluding steroid dienone is 2. The molecule has 2 aliphatic heterocycles. The van der Waals surface area contributed by atoms with Crippen LogP contribution in [-0.2, 0) is 9.53 Å². The number of ether oxygens (including phenoxy) is 2. The number of carbonyl (C=O) groups excluding carboxylic acids is 1. The lowest BCUT2D eigenvalue weighted by atomic mass is 9.59. The first kappa shape index (κ1) is 20.9. The molecule has 4 aliphatic rings. The minimum atomic E-state index is 0.0649. The summed E-state index contributed by atoms with van der Waals surface area (Å²) in [5.74, 6) is 1.42. The zero-order valence-electron chi connectivity index (χ0n) is 19.3. The lowest BCUT2D eigenvalue weighted by Gasteiger charge is -2.45. The topological polar surface area (TPSA) is 43.2 Å². The normalized spacial score (nSPS) is 33.7. The van der Waals surface area contributed by atoms with E-state index in [9.17, 15) is 4.79 Å². The Labute approximate surface area is 186 Å². The summed E-state index contributed by atoms with van der Waals surface area (Å²) in [5.41, 5.74) is 4.73. The monoisotopic (exact) mass is 425 g/mol. The summed E-state index contributed by atoms with van der Waals surface area (Å²) in [6, 6.07) is 8.32. The number of esters is 1. The molecule has 2 aliphatic carbocycles. The second kappa shape index (κ2) is 8.16. The van der Waals surface area contributed by atoms with Gasteiger partial charge in [-0.3, -0.25) is 4.79 Å². The average molecular weight is 426 g/mol. The molecule has 0 spiro atoms. The molecule has 0 unspecified atom stereocenters.